The molecule has 0 bridgehead atoms. The summed E-state index contributed by atoms with van der Waals surface area (Å²) >= 11 is 6.03. The zero-order chi connectivity index (χ0) is 14.4. The molecule has 0 saturated heterocycles. The number of nitrogens with two attached hydrogens (primary N) is 1. The third-order valence-corrected chi connectivity index (χ3v) is 3.58. The summed E-state index contributed by atoms with van der Waals surface area (Å²) in [5, 5.41) is 9.03. The quantitative estimate of drug-likeness (QED) is 0.585. The Kier molecular flexibility index (Phi) is 2.55. The molecule has 0 unspecified atom stereocenters. The summed E-state index contributed by atoms with van der Waals surface area (Å²) in [6, 6.07) is 15.3. The van der Waals surface area contributed by atoms with E-state index in [0.717, 1.165) is 16.9 Å². The van der Waals surface area contributed by atoms with Gasteiger partial charge in [0.1, 0.15) is 0 Å². The average Bonchev–Trinajstić information content (AvgIpc) is 2.93. The smallest absolute Gasteiger partial charge is 0.204 e. The molecule has 2 aromatic heterocycles. The van der Waals surface area contributed by atoms with Crippen LogP contribution in [0.2, 0.25) is 5.02 Å². The number of hydrogen-bond donors (Lipinski definition) is 1. The zero-order valence-electron chi connectivity index (χ0n) is 10.9. The molecular formula is C15H10ClN5. The van der Waals surface area contributed by atoms with Gasteiger partial charge in [0, 0.05) is 10.6 Å². The maximum Gasteiger partial charge on any atom is 0.204 e. The summed E-state index contributed by atoms with van der Waals surface area (Å²) in [6.45, 7) is 0. The Morgan fingerprint density at radius 1 is 1.00 bits per heavy atom. The highest BCUT2D eigenvalue weighted by Crippen LogP contribution is 2.26. The lowest BCUT2D eigenvalue weighted by Crippen LogP contribution is -2.00. The molecule has 5 nitrogen and oxygen atoms in total. The number of hydrogen-bond acceptors (Lipinski definition) is 4. The van der Waals surface area contributed by atoms with Crippen LogP contribution in [0.4, 0.5) is 5.82 Å². The molecule has 0 aliphatic carbocycles. The van der Waals surface area contributed by atoms with E-state index in [4.69, 9.17) is 17.3 Å². The van der Waals surface area contributed by atoms with Crippen LogP contribution in [-0.4, -0.2) is 19.6 Å². The lowest BCUT2D eigenvalue weighted by molar-refractivity contribution is 1.12. The van der Waals surface area contributed by atoms with Gasteiger partial charge in [-0.3, -0.25) is 4.40 Å². The third-order valence-electron chi connectivity index (χ3n) is 3.34. The van der Waals surface area contributed by atoms with Crippen molar-refractivity contribution in [2.45, 2.75) is 0 Å². The van der Waals surface area contributed by atoms with Gasteiger partial charge in [-0.05, 0) is 18.2 Å². The van der Waals surface area contributed by atoms with Crippen molar-refractivity contribution in [1.82, 2.24) is 19.6 Å². The standard InChI is InChI=1S/C15H10ClN5/c16-10-6-7-12-11(8-10)18-13(17)15-20-19-14(21(12)15)9-4-2-1-3-5-9/h1-8H,(H2,17,18). The van der Waals surface area contributed by atoms with Gasteiger partial charge in [-0.2, -0.15) is 0 Å². The van der Waals surface area contributed by atoms with Crippen LogP contribution >= 0.6 is 11.6 Å². The maximum absolute atomic E-state index is 6.03. The normalized spacial score (nSPS) is 11.3. The first-order valence-electron chi connectivity index (χ1n) is 6.39. The maximum atomic E-state index is 6.03. The average molecular weight is 296 g/mol. The molecular weight excluding hydrogens is 286 g/mol. The fourth-order valence-electron chi connectivity index (χ4n) is 2.41. The molecule has 2 N–H and O–H groups in total. The van der Waals surface area contributed by atoms with Crippen LogP contribution in [0.25, 0.3) is 28.1 Å². The molecule has 0 spiro atoms. The Morgan fingerprint density at radius 3 is 2.62 bits per heavy atom. The van der Waals surface area contributed by atoms with Gasteiger partial charge in [-0.1, -0.05) is 41.9 Å². The van der Waals surface area contributed by atoms with Crippen molar-refractivity contribution in [2.24, 2.45) is 0 Å². The topological polar surface area (TPSA) is 69.1 Å². The van der Waals surface area contributed by atoms with E-state index >= 15 is 0 Å². The predicted molar refractivity (Wildman–Crippen MR) is 83.1 cm³/mol. The summed E-state index contributed by atoms with van der Waals surface area (Å²) in [5.74, 6) is 1.06. The van der Waals surface area contributed by atoms with Crippen molar-refractivity contribution in [2.75, 3.05) is 5.73 Å². The molecule has 2 heterocycles. The van der Waals surface area contributed by atoms with E-state index in [1.165, 1.54) is 0 Å². The Bertz CT molecular complexity index is 962. The van der Waals surface area contributed by atoms with Gasteiger partial charge in [0.05, 0.1) is 11.0 Å². The van der Waals surface area contributed by atoms with Crippen molar-refractivity contribution in [1.29, 1.82) is 0 Å². The summed E-state index contributed by atoms with van der Waals surface area (Å²) in [4.78, 5) is 4.34. The van der Waals surface area contributed by atoms with Gasteiger partial charge < -0.3 is 5.73 Å². The van der Waals surface area contributed by atoms with Crippen LogP contribution < -0.4 is 5.73 Å². The molecule has 21 heavy (non-hydrogen) atoms. The van der Waals surface area contributed by atoms with Gasteiger partial charge >= 0.3 is 0 Å². The largest absolute Gasteiger partial charge is 0.381 e. The van der Waals surface area contributed by atoms with Crippen LogP contribution in [0.3, 0.4) is 0 Å². The van der Waals surface area contributed by atoms with E-state index in [1.807, 2.05) is 46.9 Å². The first-order chi connectivity index (χ1) is 10.2. The molecule has 0 amide bonds. The number of rotatable bonds is 1. The van der Waals surface area contributed by atoms with Gasteiger partial charge in [-0.15, -0.1) is 10.2 Å². The summed E-state index contributed by atoms with van der Waals surface area (Å²) in [7, 11) is 0. The van der Waals surface area contributed by atoms with Gasteiger partial charge in [0.25, 0.3) is 0 Å². The molecule has 6 heteroatoms. The Hall–Kier alpha value is -2.66. The summed E-state index contributed by atoms with van der Waals surface area (Å²) < 4.78 is 1.91. The monoisotopic (exact) mass is 295 g/mol. The molecule has 4 aromatic rings. The predicted octanol–water partition coefficient (Wildman–Crippen LogP) is 3.18. The number of benzene rings is 2. The molecule has 0 aliphatic rings. The zero-order valence-corrected chi connectivity index (χ0v) is 11.6. The molecule has 102 valence electrons. The lowest BCUT2D eigenvalue weighted by atomic mass is 10.2. The minimum atomic E-state index is 0.333. The van der Waals surface area contributed by atoms with Crippen molar-refractivity contribution >= 4 is 34.1 Å². The molecule has 0 aliphatic heterocycles. The van der Waals surface area contributed by atoms with Crippen molar-refractivity contribution in [3.63, 3.8) is 0 Å². The number of halogens is 1. The second-order valence-corrected chi connectivity index (χ2v) is 5.12. The minimum absolute atomic E-state index is 0.333. The first-order valence-corrected chi connectivity index (χ1v) is 6.77. The fourth-order valence-corrected chi connectivity index (χ4v) is 2.57. The van der Waals surface area contributed by atoms with E-state index in [0.29, 0.717) is 22.0 Å². The van der Waals surface area contributed by atoms with Crippen LogP contribution in [0.1, 0.15) is 0 Å². The fraction of sp³-hybridized carbons (Fsp3) is 0. The van der Waals surface area contributed by atoms with Crippen molar-refractivity contribution in [3.05, 3.63) is 53.6 Å². The van der Waals surface area contributed by atoms with Crippen molar-refractivity contribution in [3.8, 4) is 11.4 Å². The third kappa shape index (κ3) is 1.82. The van der Waals surface area contributed by atoms with Gasteiger partial charge in [0.15, 0.2) is 11.6 Å². The first kappa shape index (κ1) is 12.1. The number of fused-ring (bicyclic) bond motifs is 3. The van der Waals surface area contributed by atoms with Crippen LogP contribution in [-0.2, 0) is 0 Å². The van der Waals surface area contributed by atoms with E-state index in [1.54, 1.807) is 6.07 Å². The highest BCUT2D eigenvalue weighted by molar-refractivity contribution is 6.31. The second-order valence-electron chi connectivity index (χ2n) is 4.68. The lowest BCUT2D eigenvalue weighted by Gasteiger charge is -2.06. The SMILES string of the molecule is Nc1nc2cc(Cl)ccc2n2c(-c3ccccc3)nnc12. The molecule has 0 atom stereocenters. The van der Waals surface area contributed by atoms with E-state index in [-0.39, 0.29) is 0 Å². The Labute approximate surface area is 125 Å². The molecule has 0 fully saturated rings. The minimum Gasteiger partial charge on any atom is -0.381 e. The highest BCUT2D eigenvalue weighted by atomic mass is 35.5. The highest BCUT2D eigenvalue weighted by Gasteiger charge is 2.14. The Balaban J connectivity index is 2.17. The van der Waals surface area contributed by atoms with Crippen LogP contribution in [0.5, 0.6) is 0 Å². The summed E-state index contributed by atoms with van der Waals surface area (Å²) in [6.07, 6.45) is 0. The Morgan fingerprint density at radius 2 is 1.81 bits per heavy atom. The molecule has 2 aromatic carbocycles. The number of aromatic nitrogens is 4. The summed E-state index contributed by atoms with van der Waals surface area (Å²) in [5.41, 5.74) is 9.08. The van der Waals surface area contributed by atoms with Crippen LogP contribution in [0, 0.1) is 0 Å². The second kappa shape index (κ2) is 4.43. The van der Waals surface area contributed by atoms with Gasteiger partial charge in [0.2, 0.25) is 5.65 Å². The molecule has 4 rings (SSSR count). The number of nitrogen functional groups attached to an aromatic ring is 1. The van der Waals surface area contributed by atoms with E-state index in [2.05, 4.69) is 15.2 Å². The number of nitrogens with zero attached hydrogens (tertiary/aromatic N) is 4. The van der Waals surface area contributed by atoms with Gasteiger partial charge in [-0.25, -0.2) is 4.98 Å². The van der Waals surface area contributed by atoms with Crippen LogP contribution in [0.15, 0.2) is 48.5 Å². The van der Waals surface area contributed by atoms with Crippen molar-refractivity contribution < 1.29 is 0 Å². The van der Waals surface area contributed by atoms with E-state index < -0.39 is 0 Å². The van der Waals surface area contributed by atoms with E-state index in [9.17, 15) is 0 Å². The number of anilines is 1. The molecule has 0 radical (unpaired) electrons. The molecule has 0 saturated carbocycles.